The van der Waals surface area contributed by atoms with Crippen molar-refractivity contribution in [2.45, 2.75) is 6.92 Å². The SMILES string of the molecule is C#CCOc1cc(Br)c(/C=N/NC(=O)c2cc3cc(OCC)ccc3o2)cc1OC. The number of benzene rings is 2. The summed E-state index contributed by atoms with van der Waals surface area (Å²) in [5, 5.41) is 4.76. The average Bonchev–Trinajstić information content (AvgIpc) is 3.17. The lowest BCUT2D eigenvalue weighted by Gasteiger charge is -2.10. The van der Waals surface area contributed by atoms with Gasteiger partial charge in [0.05, 0.1) is 19.9 Å². The molecule has 0 saturated heterocycles. The molecule has 2 aromatic carbocycles. The maximum absolute atomic E-state index is 12.4. The number of rotatable bonds is 8. The molecule has 0 bridgehead atoms. The molecular weight excluding hydrogens is 452 g/mol. The number of ether oxygens (including phenoxy) is 3. The first-order chi connectivity index (χ1) is 14.5. The van der Waals surface area contributed by atoms with Crippen molar-refractivity contribution in [3.05, 3.63) is 52.2 Å². The fraction of sp³-hybridized carbons (Fsp3) is 0.182. The Morgan fingerprint density at radius 1 is 1.27 bits per heavy atom. The number of nitrogens with zero attached hydrogens (tertiary/aromatic N) is 1. The van der Waals surface area contributed by atoms with Crippen LogP contribution in [-0.4, -0.2) is 32.4 Å². The third-order valence-electron chi connectivity index (χ3n) is 3.99. The zero-order valence-corrected chi connectivity index (χ0v) is 18.0. The van der Waals surface area contributed by atoms with Crippen LogP contribution in [0.2, 0.25) is 0 Å². The standard InChI is InChI=1S/C22H19BrN2O5/c1-4-8-29-20-12-17(23)15(11-19(20)27-3)13-24-25-22(26)21-10-14-9-16(28-5-2)6-7-18(14)30-21/h1,6-7,9-13H,5,8H2,2-3H3,(H,25,26)/b24-13+. The fourth-order valence-electron chi connectivity index (χ4n) is 2.65. The molecule has 154 valence electrons. The van der Waals surface area contributed by atoms with Crippen LogP contribution in [0.25, 0.3) is 11.0 Å². The van der Waals surface area contributed by atoms with Gasteiger partial charge in [-0.15, -0.1) is 6.42 Å². The minimum Gasteiger partial charge on any atom is -0.494 e. The second-order valence-electron chi connectivity index (χ2n) is 5.96. The molecule has 1 N–H and O–H groups in total. The van der Waals surface area contributed by atoms with Crippen LogP contribution in [0.4, 0.5) is 0 Å². The Balaban J connectivity index is 1.72. The number of hydrazone groups is 1. The first kappa shape index (κ1) is 21.3. The van der Waals surface area contributed by atoms with Gasteiger partial charge in [-0.3, -0.25) is 4.79 Å². The molecule has 0 aliphatic heterocycles. The van der Waals surface area contributed by atoms with Gasteiger partial charge in [0, 0.05) is 15.4 Å². The molecule has 1 amide bonds. The van der Waals surface area contributed by atoms with Crippen molar-refractivity contribution in [3.63, 3.8) is 0 Å². The molecule has 3 rings (SSSR count). The number of hydrogen-bond acceptors (Lipinski definition) is 6. The van der Waals surface area contributed by atoms with Crippen molar-refractivity contribution in [2.24, 2.45) is 5.10 Å². The highest BCUT2D eigenvalue weighted by Crippen LogP contribution is 2.33. The molecule has 1 aromatic heterocycles. The number of amides is 1. The summed E-state index contributed by atoms with van der Waals surface area (Å²) in [4.78, 5) is 12.4. The number of nitrogens with one attached hydrogen (secondary N) is 1. The molecule has 0 aliphatic rings. The monoisotopic (exact) mass is 470 g/mol. The quantitative estimate of drug-likeness (QED) is 0.300. The topological polar surface area (TPSA) is 82.3 Å². The number of carbonyl (C=O) groups is 1. The summed E-state index contributed by atoms with van der Waals surface area (Å²) in [6.07, 6.45) is 6.70. The summed E-state index contributed by atoms with van der Waals surface area (Å²) >= 11 is 3.44. The second-order valence-corrected chi connectivity index (χ2v) is 6.81. The summed E-state index contributed by atoms with van der Waals surface area (Å²) in [5.41, 5.74) is 3.71. The normalized spacial score (nSPS) is 10.7. The van der Waals surface area contributed by atoms with Crippen LogP contribution < -0.4 is 19.6 Å². The Hall–Kier alpha value is -3.44. The van der Waals surface area contributed by atoms with E-state index in [0.29, 0.717) is 39.5 Å². The van der Waals surface area contributed by atoms with Crippen LogP contribution in [0, 0.1) is 12.3 Å². The van der Waals surface area contributed by atoms with E-state index >= 15 is 0 Å². The lowest BCUT2D eigenvalue weighted by molar-refractivity contribution is 0.0929. The van der Waals surface area contributed by atoms with Crippen molar-refractivity contribution in [3.8, 4) is 29.6 Å². The Morgan fingerprint density at radius 3 is 2.83 bits per heavy atom. The molecule has 3 aromatic rings. The molecule has 0 fully saturated rings. The van der Waals surface area contributed by atoms with Crippen LogP contribution in [0.1, 0.15) is 23.0 Å². The number of halogens is 1. The summed E-state index contributed by atoms with van der Waals surface area (Å²) in [7, 11) is 1.52. The number of fused-ring (bicyclic) bond motifs is 1. The van der Waals surface area contributed by atoms with Crippen LogP contribution in [0.3, 0.4) is 0 Å². The third kappa shape index (κ3) is 4.93. The number of methoxy groups -OCH3 is 1. The van der Waals surface area contributed by atoms with Crippen molar-refractivity contribution in [1.82, 2.24) is 5.43 Å². The van der Waals surface area contributed by atoms with Crippen LogP contribution in [0.5, 0.6) is 17.2 Å². The number of hydrogen-bond donors (Lipinski definition) is 1. The third-order valence-corrected chi connectivity index (χ3v) is 4.67. The highest BCUT2D eigenvalue weighted by Gasteiger charge is 2.13. The van der Waals surface area contributed by atoms with Crippen molar-refractivity contribution < 1.29 is 23.4 Å². The molecule has 7 nitrogen and oxygen atoms in total. The van der Waals surface area contributed by atoms with Gasteiger partial charge in [0.2, 0.25) is 0 Å². The van der Waals surface area contributed by atoms with Gasteiger partial charge in [0.25, 0.3) is 0 Å². The zero-order valence-electron chi connectivity index (χ0n) is 16.4. The molecule has 0 spiro atoms. The molecule has 0 saturated carbocycles. The molecule has 0 radical (unpaired) electrons. The fourth-order valence-corrected chi connectivity index (χ4v) is 3.07. The van der Waals surface area contributed by atoms with Gasteiger partial charge in [-0.1, -0.05) is 5.92 Å². The first-order valence-corrected chi connectivity index (χ1v) is 9.78. The molecule has 1 heterocycles. The van der Waals surface area contributed by atoms with E-state index < -0.39 is 5.91 Å². The zero-order chi connectivity index (χ0) is 21.5. The largest absolute Gasteiger partial charge is 0.494 e. The minimum atomic E-state index is -0.475. The average molecular weight is 471 g/mol. The van der Waals surface area contributed by atoms with Gasteiger partial charge in [-0.05, 0) is 59.3 Å². The Morgan fingerprint density at radius 2 is 2.10 bits per heavy atom. The van der Waals surface area contributed by atoms with E-state index in [0.717, 1.165) is 5.39 Å². The van der Waals surface area contributed by atoms with E-state index in [9.17, 15) is 4.79 Å². The molecule has 0 unspecified atom stereocenters. The summed E-state index contributed by atoms with van der Waals surface area (Å²) in [6, 6.07) is 10.4. The summed E-state index contributed by atoms with van der Waals surface area (Å²) < 4.78 is 22.5. The van der Waals surface area contributed by atoms with E-state index in [1.165, 1.54) is 13.3 Å². The van der Waals surface area contributed by atoms with Crippen molar-refractivity contribution in [2.75, 3.05) is 20.3 Å². The van der Waals surface area contributed by atoms with Crippen LogP contribution in [-0.2, 0) is 0 Å². The predicted molar refractivity (Wildman–Crippen MR) is 117 cm³/mol. The smallest absolute Gasteiger partial charge is 0.307 e. The lowest BCUT2D eigenvalue weighted by atomic mass is 10.2. The van der Waals surface area contributed by atoms with E-state index in [1.807, 2.05) is 13.0 Å². The van der Waals surface area contributed by atoms with E-state index in [1.54, 1.807) is 30.3 Å². The molecule has 8 heteroatoms. The van der Waals surface area contributed by atoms with Gasteiger partial charge in [-0.25, -0.2) is 5.43 Å². The lowest BCUT2D eigenvalue weighted by Crippen LogP contribution is -2.16. The maximum Gasteiger partial charge on any atom is 0.307 e. The Kier molecular flexibility index (Phi) is 6.99. The number of carbonyl (C=O) groups excluding carboxylic acids is 1. The minimum absolute atomic E-state index is 0.121. The Bertz CT molecular complexity index is 1130. The predicted octanol–water partition coefficient (Wildman–Crippen LogP) is 4.38. The van der Waals surface area contributed by atoms with Gasteiger partial charge in [0.15, 0.2) is 17.3 Å². The van der Waals surface area contributed by atoms with Gasteiger partial charge >= 0.3 is 5.91 Å². The first-order valence-electron chi connectivity index (χ1n) is 8.99. The molecule has 0 atom stereocenters. The summed E-state index contributed by atoms with van der Waals surface area (Å²) in [6.45, 7) is 2.58. The molecule has 0 aliphatic carbocycles. The van der Waals surface area contributed by atoms with Crippen LogP contribution in [0.15, 0.2) is 50.4 Å². The number of furan rings is 1. The Labute approximate surface area is 182 Å². The van der Waals surface area contributed by atoms with Gasteiger partial charge in [0.1, 0.15) is 17.9 Å². The maximum atomic E-state index is 12.4. The van der Waals surface area contributed by atoms with Gasteiger partial charge in [-0.2, -0.15) is 5.10 Å². The highest BCUT2D eigenvalue weighted by atomic mass is 79.9. The van der Waals surface area contributed by atoms with E-state index in [2.05, 4.69) is 32.4 Å². The van der Waals surface area contributed by atoms with Crippen molar-refractivity contribution in [1.29, 1.82) is 0 Å². The second kappa shape index (κ2) is 9.85. The van der Waals surface area contributed by atoms with Crippen molar-refractivity contribution >= 4 is 39.0 Å². The van der Waals surface area contributed by atoms with E-state index in [-0.39, 0.29) is 12.4 Å². The molecular formula is C22H19BrN2O5. The van der Waals surface area contributed by atoms with Crippen LogP contribution >= 0.6 is 15.9 Å². The number of terminal acetylenes is 1. The summed E-state index contributed by atoms with van der Waals surface area (Å²) in [5.74, 6) is 3.77. The molecule has 30 heavy (non-hydrogen) atoms. The van der Waals surface area contributed by atoms with Gasteiger partial charge < -0.3 is 18.6 Å². The van der Waals surface area contributed by atoms with E-state index in [4.69, 9.17) is 25.1 Å². The highest BCUT2D eigenvalue weighted by molar-refractivity contribution is 9.10.